The number of para-hydroxylation sites is 3. The summed E-state index contributed by atoms with van der Waals surface area (Å²) in [6.07, 6.45) is 3.63. The van der Waals surface area contributed by atoms with E-state index < -0.39 is 0 Å². The zero-order valence-electron chi connectivity index (χ0n) is 21.0. The van der Waals surface area contributed by atoms with E-state index in [1.54, 1.807) is 0 Å². The van der Waals surface area contributed by atoms with Gasteiger partial charge >= 0.3 is 0 Å². The van der Waals surface area contributed by atoms with Crippen molar-refractivity contribution in [2.75, 3.05) is 13.2 Å². The number of nitrogens with one attached hydrogen (secondary N) is 1. The molecule has 1 heterocycles. The summed E-state index contributed by atoms with van der Waals surface area (Å²) in [5.74, 6) is 2.46. The highest BCUT2D eigenvalue weighted by Gasteiger charge is 2.11. The minimum absolute atomic E-state index is 0.0463. The molecule has 5 nitrogen and oxygen atoms in total. The van der Waals surface area contributed by atoms with Crippen LogP contribution < -0.4 is 10.1 Å². The molecule has 36 heavy (non-hydrogen) atoms. The Kier molecular flexibility index (Phi) is 9.17. The number of rotatable bonds is 12. The van der Waals surface area contributed by atoms with Gasteiger partial charge in [-0.05, 0) is 73.2 Å². The monoisotopic (exact) mass is 547 g/mol. The van der Waals surface area contributed by atoms with Crippen LogP contribution in [0.15, 0.2) is 77.3 Å². The van der Waals surface area contributed by atoms with Gasteiger partial charge in [0.2, 0.25) is 0 Å². The number of hydrogen-bond donors (Lipinski definition) is 1. The summed E-state index contributed by atoms with van der Waals surface area (Å²) >= 11 is 3.40. The van der Waals surface area contributed by atoms with E-state index in [-0.39, 0.29) is 5.91 Å². The maximum atomic E-state index is 12.4. The highest BCUT2D eigenvalue weighted by Crippen LogP contribution is 2.26. The van der Waals surface area contributed by atoms with Crippen LogP contribution in [0.1, 0.15) is 60.8 Å². The summed E-state index contributed by atoms with van der Waals surface area (Å²) < 4.78 is 9.40. The molecule has 6 heteroatoms. The molecule has 0 atom stereocenters. The summed E-state index contributed by atoms with van der Waals surface area (Å²) in [5.41, 5.74) is 4.11. The number of fused-ring (bicyclic) bond motifs is 1. The maximum absolute atomic E-state index is 12.4. The van der Waals surface area contributed by atoms with Crippen LogP contribution in [-0.2, 0) is 13.0 Å². The Morgan fingerprint density at radius 1 is 0.972 bits per heavy atom. The lowest BCUT2D eigenvalue weighted by Crippen LogP contribution is -2.25. The molecule has 0 aliphatic rings. The van der Waals surface area contributed by atoms with Gasteiger partial charge in [-0.15, -0.1) is 0 Å². The molecule has 0 unspecified atom stereocenters. The van der Waals surface area contributed by atoms with E-state index >= 15 is 0 Å². The first kappa shape index (κ1) is 26.0. The number of imidazole rings is 1. The number of aryl methyl sites for hydroxylation is 2. The van der Waals surface area contributed by atoms with Crippen LogP contribution >= 0.6 is 15.9 Å². The van der Waals surface area contributed by atoms with Crippen molar-refractivity contribution in [2.45, 2.75) is 52.0 Å². The number of ether oxygens (including phenoxy) is 1. The van der Waals surface area contributed by atoms with Crippen molar-refractivity contribution in [3.63, 3.8) is 0 Å². The average Bonchev–Trinajstić information content (AvgIpc) is 3.24. The first-order chi connectivity index (χ1) is 17.5. The first-order valence-electron chi connectivity index (χ1n) is 12.7. The summed E-state index contributed by atoms with van der Waals surface area (Å²) in [4.78, 5) is 17.3. The van der Waals surface area contributed by atoms with Crippen molar-refractivity contribution < 1.29 is 9.53 Å². The Bertz CT molecular complexity index is 1280. The predicted octanol–water partition coefficient (Wildman–Crippen LogP) is 7.14. The van der Waals surface area contributed by atoms with E-state index in [0.717, 1.165) is 59.3 Å². The molecule has 1 N–H and O–H groups in total. The quantitative estimate of drug-likeness (QED) is 0.192. The number of carbonyl (C=O) groups excluding carboxylic acids is 1. The van der Waals surface area contributed by atoms with Crippen LogP contribution in [-0.4, -0.2) is 28.6 Å². The SMILES string of the molecule is CC(C)c1ccccc1OCCCCn1c(CCCNC(=O)c2ccc(Br)cc2)nc2ccccc21. The molecule has 0 aliphatic heterocycles. The highest BCUT2D eigenvalue weighted by atomic mass is 79.9. The van der Waals surface area contributed by atoms with Crippen molar-refractivity contribution in [2.24, 2.45) is 0 Å². The van der Waals surface area contributed by atoms with Gasteiger partial charge < -0.3 is 14.6 Å². The van der Waals surface area contributed by atoms with Crippen molar-refractivity contribution >= 4 is 32.9 Å². The molecule has 1 aromatic heterocycles. The molecule has 3 aromatic carbocycles. The second-order valence-electron chi connectivity index (χ2n) is 9.28. The minimum atomic E-state index is -0.0463. The van der Waals surface area contributed by atoms with Crippen LogP contribution in [0.4, 0.5) is 0 Å². The topological polar surface area (TPSA) is 56.1 Å². The summed E-state index contributed by atoms with van der Waals surface area (Å²) in [6, 6.07) is 24.0. The lowest BCUT2D eigenvalue weighted by molar-refractivity contribution is 0.0953. The first-order valence-corrected chi connectivity index (χ1v) is 13.5. The van der Waals surface area contributed by atoms with Gasteiger partial charge in [-0.1, -0.05) is 60.1 Å². The third-order valence-corrected chi connectivity index (χ3v) is 6.81. The smallest absolute Gasteiger partial charge is 0.251 e. The third kappa shape index (κ3) is 6.76. The maximum Gasteiger partial charge on any atom is 0.251 e. The van der Waals surface area contributed by atoms with E-state index in [0.29, 0.717) is 24.6 Å². The number of carbonyl (C=O) groups is 1. The highest BCUT2D eigenvalue weighted by molar-refractivity contribution is 9.10. The fraction of sp³-hybridized carbons (Fsp3) is 0.333. The van der Waals surface area contributed by atoms with E-state index in [9.17, 15) is 4.79 Å². The van der Waals surface area contributed by atoms with Gasteiger partial charge in [0.15, 0.2) is 0 Å². The van der Waals surface area contributed by atoms with Gasteiger partial charge in [0.05, 0.1) is 17.6 Å². The van der Waals surface area contributed by atoms with Crippen molar-refractivity contribution in [3.8, 4) is 5.75 Å². The van der Waals surface area contributed by atoms with Gasteiger partial charge in [0, 0.05) is 29.5 Å². The summed E-state index contributed by atoms with van der Waals surface area (Å²) in [6.45, 7) is 6.60. The van der Waals surface area contributed by atoms with Crippen LogP contribution in [0, 0.1) is 0 Å². The molecule has 0 radical (unpaired) electrons. The second-order valence-corrected chi connectivity index (χ2v) is 10.2. The molecule has 1 amide bonds. The van der Waals surface area contributed by atoms with Gasteiger partial charge in [-0.25, -0.2) is 4.98 Å². The summed E-state index contributed by atoms with van der Waals surface area (Å²) in [5, 5.41) is 3.02. The fourth-order valence-corrected chi connectivity index (χ4v) is 4.62. The van der Waals surface area contributed by atoms with Crippen LogP contribution in [0.25, 0.3) is 11.0 Å². The molecular weight excluding hydrogens is 514 g/mol. The van der Waals surface area contributed by atoms with Crippen LogP contribution in [0.3, 0.4) is 0 Å². The lowest BCUT2D eigenvalue weighted by Gasteiger charge is -2.14. The molecule has 4 rings (SSSR count). The van der Waals surface area contributed by atoms with Crippen LogP contribution in [0.2, 0.25) is 0 Å². The number of halogens is 1. The molecule has 4 aromatic rings. The van der Waals surface area contributed by atoms with Crippen molar-refractivity contribution in [3.05, 3.63) is 94.2 Å². The minimum Gasteiger partial charge on any atom is -0.493 e. The molecular formula is C30H34BrN3O2. The Morgan fingerprint density at radius 2 is 1.72 bits per heavy atom. The molecule has 0 spiro atoms. The van der Waals surface area contributed by atoms with Crippen molar-refractivity contribution in [1.82, 2.24) is 14.9 Å². The van der Waals surface area contributed by atoms with Gasteiger partial charge in [0.1, 0.15) is 11.6 Å². The van der Waals surface area contributed by atoms with Crippen LogP contribution in [0.5, 0.6) is 5.75 Å². The second kappa shape index (κ2) is 12.7. The molecule has 0 fully saturated rings. The Hall–Kier alpha value is -3.12. The standard InChI is InChI=1S/C30H34BrN3O2/c1-22(2)25-10-3-6-13-28(25)36-21-8-7-20-34-27-12-5-4-11-26(27)33-29(34)14-9-19-32-30(35)23-15-17-24(31)18-16-23/h3-6,10-13,15-18,22H,7-9,14,19-21H2,1-2H3,(H,32,35). The number of amides is 1. The van der Waals surface area contributed by atoms with E-state index in [1.165, 1.54) is 5.56 Å². The molecule has 0 saturated carbocycles. The van der Waals surface area contributed by atoms with E-state index in [4.69, 9.17) is 9.72 Å². The third-order valence-electron chi connectivity index (χ3n) is 6.28. The number of benzene rings is 3. The zero-order valence-corrected chi connectivity index (χ0v) is 22.6. The molecule has 0 saturated heterocycles. The molecule has 0 bridgehead atoms. The van der Waals surface area contributed by atoms with Crippen molar-refractivity contribution in [1.29, 1.82) is 0 Å². The molecule has 188 valence electrons. The number of hydrogen-bond acceptors (Lipinski definition) is 3. The number of nitrogens with zero attached hydrogens (tertiary/aromatic N) is 2. The number of aromatic nitrogens is 2. The molecule has 0 aliphatic carbocycles. The largest absolute Gasteiger partial charge is 0.493 e. The van der Waals surface area contributed by atoms with Gasteiger partial charge in [0.25, 0.3) is 5.91 Å². The van der Waals surface area contributed by atoms with E-state index in [1.807, 2.05) is 36.4 Å². The lowest BCUT2D eigenvalue weighted by atomic mass is 10.0. The van der Waals surface area contributed by atoms with Gasteiger partial charge in [-0.3, -0.25) is 4.79 Å². The number of unbranched alkanes of at least 4 members (excludes halogenated alkanes) is 1. The van der Waals surface area contributed by atoms with Gasteiger partial charge in [-0.2, -0.15) is 0 Å². The normalized spacial score (nSPS) is 11.2. The average molecular weight is 549 g/mol. The summed E-state index contributed by atoms with van der Waals surface area (Å²) in [7, 11) is 0. The predicted molar refractivity (Wildman–Crippen MR) is 150 cm³/mol. The fourth-order valence-electron chi connectivity index (χ4n) is 4.36. The zero-order chi connectivity index (χ0) is 25.3. The Morgan fingerprint density at radius 3 is 2.53 bits per heavy atom. The Balaban J connectivity index is 1.30. The van der Waals surface area contributed by atoms with E-state index in [2.05, 4.69) is 76.1 Å². The Labute approximate surface area is 222 Å².